The topological polar surface area (TPSA) is 92.5 Å². The van der Waals surface area contributed by atoms with Crippen LogP contribution in [0.5, 0.6) is 0 Å². The van der Waals surface area contributed by atoms with E-state index in [2.05, 4.69) is 0 Å². The lowest BCUT2D eigenvalue weighted by Gasteiger charge is -2.37. The maximum absolute atomic E-state index is 13.9. The molecule has 2 amide bonds. The van der Waals surface area contributed by atoms with Crippen molar-refractivity contribution in [3.8, 4) is 11.1 Å². The Labute approximate surface area is 226 Å². The molecule has 9 heteroatoms. The number of para-hydroxylation sites is 2. The van der Waals surface area contributed by atoms with E-state index in [0.29, 0.717) is 60.5 Å². The average Bonchev–Trinajstić information content (AvgIpc) is 3.50. The van der Waals surface area contributed by atoms with E-state index < -0.39 is 12.0 Å². The number of allylic oxidation sites excluding steroid dienone is 1. The number of esters is 1. The molecule has 2 saturated heterocycles. The average molecular weight is 528 g/mol. The summed E-state index contributed by atoms with van der Waals surface area (Å²) in [5.41, 5.74) is 4.52. The van der Waals surface area contributed by atoms with E-state index in [1.807, 2.05) is 54.0 Å². The lowest BCUT2D eigenvalue weighted by atomic mass is 9.90. The van der Waals surface area contributed by atoms with Crippen LogP contribution in [0.4, 0.5) is 17.3 Å². The van der Waals surface area contributed by atoms with E-state index in [9.17, 15) is 14.4 Å². The van der Waals surface area contributed by atoms with Gasteiger partial charge < -0.3 is 23.7 Å². The smallest absolute Gasteiger partial charge is 0.344 e. The van der Waals surface area contributed by atoms with Gasteiger partial charge in [0.25, 0.3) is 5.91 Å². The molecule has 39 heavy (non-hydrogen) atoms. The third-order valence-corrected chi connectivity index (χ3v) is 7.39. The molecule has 0 aliphatic carbocycles. The minimum Gasteiger partial charge on any atom is -0.465 e. The summed E-state index contributed by atoms with van der Waals surface area (Å²) in [5.74, 6) is -0.174. The number of carbonyl (C=O) groups is 3. The van der Waals surface area contributed by atoms with Gasteiger partial charge in [-0.05, 0) is 37.6 Å². The molecule has 3 aromatic rings. The number of furan rings is 1. The molecule has 0 radical (unpaired) electrons. The van der Waals surface area contributed by atoms with Crippen LogP contribution in [0.1, 0.15) is 36.4 Å². The number of carbonyl (C=O) groups excluding carboxylic acids is 3. The van der Waals surface area contributed by atoms with Crippen molar-refractivity contribution in [3.05, 3.63) is 71.5 Å². The Morgan fingerprint density at radius 3 is 2.36 bits per heavy atom. The van der Waals surface area contributed by atoms with Gasteiger partial charge in [0.1, 0.15) is 11.6 Å². The third-order valence-electron chi connectivity index (χ3n) is 7.39. The number of imide groups is 1. The Kier molecular flexibility index (Phi) is 6.23. The van der Waals surface area contributed by atoms with Crippen molar-refractivity contribution in [1.82, 2.24) is 0 Å². The van der Waals surface area contributed by atoms with Crippen molar-refractivity contribution in [3.63, 3.8) is 0 Å². The maximum atomic E-state index is 13.9. The predicted octanol–water partition coefficient (Wildman–Crippen LogP) is 4.47. The third kappa shape index (κ3) is 3.92. The van der Waals surface area contributed by atoms with Crippen LogP contribution < -0.4 is 14.7 Å². The Morgan fingerprint density at radius 2 is 1.67 bits per heavy atom. The number of amides is 2. The largest absolute Gasteiger partial charge is 0.465 e. The first-order valence-corrected chi connectivity index (χ1v) is 13.0. The highest BCUT2D eigenvalue weighted by molar-refractivity contribution is 6.25. The number of hydrogen-bond acceptors (Lipinski definition) is 8. The first-order valence-electron chi connectivity index (χ1n) is 13.0. The lowest BCUT2D eigenvalue weighted by Crippen LogP contribution is -2.43. The summed E-state index contributed by atoms with van der Waals surface area (Å²) in [7, 11) is 1.36. The summed E-state index contributed by atoms with van der Waals surface area (Å²) in [5, 5.41) is 0. The number of anilines is 3. The first-order chi connectivity index (χ1) is 18.9. The number of methoxy groups -OCH3 is 1. The minimum atomic E-state index is -0.782. The molecule has 4 heterocycles. The molecule has 1 atom stereocenters. The van der Waals surface area contributed by atoms with Crippen LogP contribution in [0, 0.1) is 0 Å². The molecule has 1 aromatic heterocycles. The second kappa shape index (κ2) is 9.74. The van der Waals surface area contributed by atoms with E-state index in [-0.39, 0.29) is 18.2 Å². The van der Waals surface area contributed by atoms with Crippen molar-refractivity contribution in [2.24, 2.45) is 0 Å². The first kappa shape index (κ1) is 24.9. The van der Waals surface area contributed by atoms with Crippen LogP contribution in [-0.4, -0.2) is 57.2 Å². The summed E-state index contributed by atoms with van der Waals surface area (Å²) >= 11 is 0. The van der Waals surface area contributed by atoms with Gasteiger partial charge in [-0.2, -0.15) is 0 Å². The maximum Gasteiger partial charge on any atom is 0.344 e. The molecule has 0 N–H and O–H groups in total. The molecule has 0 saturated carbocycles. The van der Waals surface area contributed by atoms with Crippen molar-refractivity contribution in [1.29, 1.82) is 0 Å². The number of hydrogen-bond donors (Lipinski definition) is 0. The molecule has 2 aromatic carbocycles. The van der Waals surface area contributed by atoms with Gasteiger partial charge in [-0.1, -0.05) is 36.4 Å². The number of rotatable bonds is 4. The Balaban J connectivity index is 1.55. The summed E-state index contributed by atoms with van der Waals surface area (Å²) in [6.07, 6.45) is 0.00899. The summed E-state index contributed by atoms with van der Waals surface area (Å²) in [4.78, 5) is 45.5. The molecule has 0 spiro atoms. The molecule has 3 aliphatic rings. The van der Waals surface area contributed by atoms with Crippen LogP contribution in [0.3, 0.4) is 0 Å². The predicted molar refractivity (Wildman–Crippen MR) is 147 cm³/mol. The fourth-order valence-electron chi connectivity index (χ4n) is 5.71. The van der Waals surface area contributed by atoms with E-state index in [4.69, 9.17) is 13.9 Å². The number of nitrogens with zero attached hydrogens (tertiary/aromatic N) is 3. The van der Waals surface area contributed by atoms with Gasteiger partial charge in [-0.25, -0.2) is 9.69 Å². The zero-order valence-electron chi connectivity index (χ0n) is 22.1. The summed E-state index contributed by atoms with van der Waals surface area (Å²) < 4.78 is 17.3. The summed E-state index contributed by atoms with van der Waals surface area (Å²) in [6, 6.07) is 15.8. The molecule has 3 aliphatic heterocycles. The lowest BCUT2D eigenvalue weighted by molar-refractivity contribution is -0.121. The van der Waals surface area contributed by atoms with Crippen molar-refractivity contribution in [2.75, 3.05) is 48.1 Å². The quantitative estimate of drug-likeness (QED) is 0.363. The number of ether oxygens (including phenoxy) is 2. The zero-order chi connectivity index (χ0) is 27.3. The zero-order valence-corrected chi connectivity index (χ0v) is 22.1. The molecular weight excluding hydrogens is 498 g/mol. The van der Waals surface area contributed by atoms with Gasteiger partial charge in [0.05, 0.1) is 43.8 Å². The fourth-order valence-corrected chi connectivity index (χ4v) is 5.71. The number of fused-ring (bicyclic) bond motifs is 3. The summed E-state index contributed by atoms with van der Waals surface area (Å²) in [6.45, 7) is 6.02. The molecule has 200 valence electrons. The van der Waals surface area contributed by atoms with Gasteiger partial charge in [0, 0.05) is 24.2 Å². The molecule has 9 nitrogen and oxygen atoms in total. The van der Waals surface area contributed by atoms with Gasteiger partial charge in [-0.3, -0.25) is 9.59 Å². The van der Waals surface area contributed by atoms with Crippen molar-refractivity contribution >= 4 is 40.7 Å². The molecule has 6 rings (SSSR count). The van der Waals surface area contributed by atoms with Crippen LogP contribution in [0.15, 0.2) is 64.6 Å². The highest BCUT2D eigenvalue weighted by Gasteiger charge is 2.48. The van der Waals surface area contributed by atoms with E-state index in [0.717, 1.165) is 16.8 Å². The Hall–Kier alpha value is -4.37. The SMILES string of the molecule is COC(=O)c1c(N2CCOCC2)oc2c1-c1ccccc1N(C1CC(=O)N(c3ccccc3)C1=O)C2=C(C)C. The van der Waals surface area contributed by atoms with E-state index >= 15 is 0 Å². The van der Waals surface area contributed by atoms with Crippen LogP contribution in [-0.2, 0) is 19.1 Å². The second-order valence-corrected chi connectivity index (χ2v) is 9.94. The van der Waals surface area contributed by atoms with E-state index in [1.54, 1.807) is 24.3 Å². The van der Waals surface area contributed by atoms with Crippen LogP contribution >= 0.6 is 0 Å². The second-order valence-electron chi connectivity index (χ2n) is 9.94. The monoisotopic (exact) mass is 527 g/mol. The van der Waals surface area contributed by atoms with Crippen molar-refractivity contribution < 1.29 is 28.3 Å². The number of morpholine rings is 1. The Morgan fingerprint density at radius 1 is 0.974 bits per heavy atom. The van der Waals surface area contributed by atoms with Gasteiger partial charge in [0.15, 0.2) is 5.76 Å². The van der Waals surface area contributed by atoms with Crippen LogP contribution in [0.25, 0.3) is 16.8 Å². The van der Waals surface area contributed by atoms with Gasteiger partial charge in [0.2, 0.25) is 11.8 Å². The fraction of sp³-hybridized carbons (Fsp3) is 0.300. The molecule has 2 fully saturated rings. The van der Waals surface area contributed by atoms with Gasteiger partial charge >= 0.3 is 5.97 Å². The standard InChI is InChI=1S/C30H29N3O6/c1-18(2)26-27-24(25(30(36)37-3)29(39-27)31-13-15-38-16-14-31)20-11-7-8-12-21(20)33(26)22-17-23(34)32(28(22)35)19-9-5-4-6-10-19/h4-12,22H,13-17H2,1-3H3. The molecule has 0 bridgehead atoms. The van der Waals surface area contributed by atoms with Crippen molar-refractivity contribution in [2.45, 2.75) is 26.3 Å². The minimum absolute atomic E-state index is 0.00899. The number of benzene rings is 2. The molecular formula is C30H29N3O6. The molecule has 1 unspecified atom stereocenters. The van der Waals surface area contributed by atoms with Crippen LogP contribution in [0.2, 0.25) is 0 Å². The van der Waals surface area contributed by atoms with Gasteiger partial charge in [-0.15, -0.1) is 0 Å². The Bertz CT molecular complexity index is 1500. The normalized spacial score (nSPS) is 18.8. The highest BCUT2D eigenvalue weighted by atomic mass is 16.5. The van der Waals surface area contributed by atoms with E-state index in [1.165, 1.54) is 12.0 Å². The highest BCUT2D eigenvalue weighted by Crippen LogP contribution is 2.52.